The van der Waals surface area contributed by atoms with Gasteiger partial charge in [0.15, 0.2) is 0 Å². The van der Waals surface area contributed by atoms with Gasteiger partial charge in [0.2, 0.25) is 0 Å². The molecule has 0 aliphatic heterocycles. The summed E-state index contributed by atoms with van der Waals surface area (Å²) in [7, 11) is 0. The maximum absolute atomic E-state index is 8.77. The van der Waals surface area contributed by atoms with Crippen LogP contribution in [0, 0.1) is 0 Å². The molecule has 0 saturated carbocycles. The van der Waals surface area contributed by atoms with Crippen LogP contribution in [0.1, 0.15) is 84.9 Å². The van der Waals surface area contributed by atoms with Gasteiger partial charge in [-0.2, -0.15) is 0 Å². The van der Waals surface area contributed by atoms with E-state index in [4.69, 9.17) is 6.85 Å². The van der Waals surface area contributed by atoms with E-state index in [0.717, 1.165) is 33.1 Å². The van der Waals surface area contributed by atoms with Crippen molar-refractivity contribution in [2.45, 2.75) is 72.1 Å². The lowest BCUT2D eigenvalue weighted by Gasteiger charge is -2.28. The molecule has 0 spiro atoms. The molecule has 1 aromatic heterocycles. The Morgan fingerprint density at radius 3 is 1.97 bits per heavy atom. The molecule has 0 radical (unpaired) electrons. The molecule has 0 fully saturated rings. The molecule has 0 aliphatic carbocycles. The second kappa shape index (κ2) is 8.66. The highest BCUT2D eigenvalue weighted by atomic mass is 15.0. The Labute approximate surface area is 223 Å². The molecule has 0 aliphatic rings. The third-order valence-electron chi connectivity index (χ3n) is 7.13. The van der Waals surface area contributed by atoms with Crippen molar-refractivity contribution in [2.75, 3.05) is 0 Å². The third-order valence-corrected chi connectivity index (χ3v) is 7.13. The van der Waals surface area contributed by atoms with E-state index < -0.39 is 5.41 Å². The maximum Gasteiger partial charge on any atom is 0.0629 e. The molecule has 0 unspecified atom stereocenters. The van der Waals surface area contributed by atoms with Crippen LogP contribution in [-0.2, 0) is 10.8 Å². The molecule has 0 atom stereocenters. The van der Waals surface area contributed by atoms with Crippen LogP contribution in [0.4, 0.5) is 0 Å². The summed E-state index contributed by atoms with van der Waals surface area (Å²) in [4.78, 5) is 0. The maximum atomic E-state index is 8.77. The molecule has 1 heteroatoms. The standard InChI is InChI=1S/C35H39N/c1-23(2)25-17-19-28-29-20-18-26(34(3,4)5)22-32(29)36(31(28)21-25)30-16-12-15-27(33(30)35(6,7)8)24-13-10-9-11-14-24/h9-23H,1-8H3/i9D,10D,11D,13D,14D. The topological polar surface area (TPSA) is 4.93 Å². The molecular weight excluding hydrogens is 434 g/mol. The van der Waals surface area contributed by atoms with Gasteiger partial charge in [0, 0.05) is 10.8 Å². The van der Waals surface area contributed by atoms with E-state index in [2.05, 4.69) is 102 Å². The monoisotopic (exact) mass is 478 g/mol. The van der Waals surface area contributed by atoms with Gasteiger partial charge in [-0.25, -0.2) is 0 Å². The number of hydrogen-bond donors (Lipinski definition) is 0. The smallest absolute Gasteiger partial charge is 0.0629 e. The van der Waals surface area contributed by atoms with Crippen LogP contribution in [0.25, 0.3) is 38.6 Å². The van der Waals surface area contributed by atoms with Crippen LogP contribution in [-0.4, -0.2) is 4.57 Å². The van der Waals surface area contributed by atoms with Gasteiger partial charge in [0.1, 0.15) is 0 Å². The highest BCUT2D eigenvalue weighted by molar-refractivity contribution is 6.10. The molecule has 0 bridgehead atoms. The summed E-state index contributed by atoms with van der Waals surface area (Å²) in [6.45, 7) is 17.4. The van der Waals surface area contributed by atoms with Crippen LogP contribution < -0.4 is 0 Å². The van der Waals surface area contributed by atoms with Crippen molar-refractivity contribution in [1.29, 1.82) is 0 Å². The van der Waals surface area contributed by atoms with Gasteiger partial charge < -0.3 is 4.57 Å². The minimum Gasteiger partial charge on any atom is -0.309 e. The second-order valence-corrected chi connectivity index (χ2v) is 12.2. The number of fused-ring (bicyclic) bond motifs is 3. The summed E-state index contributed by atoms with van der Waals surface area (Å²) in [6.07, 6.45) is 0. The van der Waals surface area contributed by atoms with Gasteiger partial charge in [-0.05, 0) is 62.8 Å². The summed E-state index contributed by atoms with van der Waals surface area (Å²) in [5.41, 5.74) is 7.01. The normalized spacial score (nSPS) is 14.6. The highest BCUT2D eigenvalue weighted by Gasteiger charge is 2.26. The molecule has 36 heavy (non-hydrogen) atoms. The van der Waals surface area contributed by atoms with E-state index in [1.165, 1.54) is 11.1 Å². The minimum atomic E-state index is -0.408. The van der Waals surface area contributed by atoms with Crippen molar-refractivity contribution in [1.82, 2.24) is 4.57 Å². The summed E-state index contributed by atoms with van der Waals surface area (Å²) >= 11 is 0. The molecule has 5 aromatic rings. The summed E-state index contributed by atoms with van der Waals surface area (Å²) < 4.78 is 44.7. The van der Waals surface area contributed by atoms with Crippen molar-refractivity contribution in [3.8, 4) is 16.8 Å². The first kappa shape index (κ1) is 18.9. The van der Waals surface area contributed by atoms with E-state index in [0.29, 0.717) is 11.5 Å². The number of nitrogens with zero attached hydrogens (tertiary/aromatic N) is 1. The molecular formula is C35H39N. The first-order chi connectivity index (χ1) is 19.0. The molecule has 5 rings (SSSR count). The summed E-state index contributed by atoms with van der Waals surface area (Å²) in [6, 6.07) is 18.0. The lowest BCUT2D eigenvalue weighted by Crippen LogP contribution is -2.17. The zero-order valence-corrected chi connectivity index (χ0v) is 22.7. The van der Waals surface area contributed by atoms with Gasteiger partial charge in [-0.1, -0.05) is 122 Å². The first-order valence-corrected chi connectivity index (χ1v) is 12.8. The zero-order chi connectivity index (χ0) is 30.2. The molecule has 1 heterocycles. The Morgan fingerprint density at radius 1 is 0.722 bits per heavy atom. The van der Waals surface area contributed by atoms with E-state index >= 15 is 0 Å². The number of rotatable bonds is 3. The van der Waals surface area contributed by atoms with Crippen molar-refractivity contribution < 1.29 is 6.85 Å². The predicted octanol–water partition coefficient (Wildman–Crippen LogP) is 10.2. The van der Waals surface area contributed by atoms with Gasteiger partial charge >= 0.3 is 0 Å². The summed E-state index contributed by atoms with van der Waals surface area (Å²) in [5.74, 6) is 0.357. The van der Waals surface area contributed by atoms with Crippen molar-refractivity contribution in [3.63, 3.8) is 0 Å². The predicted molar refractivity (Wildman–Crippen MR) is 158 cm³/mol. The van der Waals surface area contributed by atoms with E-state index in [1.54, 1.807) is 0 Å². The molecule has 0 N–H and O–H groups in total. The van der Waals surface area contributed by atoms with Gasteiger partial charge in [0.25, 0.3) is 0 Å². The number of aromatic nitrogens is 1. The quantitative estimate of drug-likeness (QED) is 0.243. The average molecular weight is 479 g/mol. The molecule has 0 amide bonds. The fourth-order valence-corrected chi connectivity index (χ4v) is 5.23. The number of benzene rings is 4. The van der Waals surface area contributed by atoms with E-state index in [1.807, 2.05) is 12.1 Å². The van der Waals surface area contributed by atoms with E-state index in [9.17, 15) is 0 Å². The fraction of sp³-hybridized carbons (Fsp3) is 0.314. The van der Waals surface area contributed by atoms with Crippen LogP contribution >= 0.6 is 0 Å². The Balaban J connectivity index is 2.00. The molecule has 0 saturated heterocycles. The van der Waals surface area contributed by atoms with Crippen LogP contribution in [0.2, 0.25) is 0 Å². The zero-order valence-electron chi connectivity index (χ0n) is 27.7. The van der Waals surface area contributed by atoms with E-state index in [-0.39, 0.29) is 41.2 Å². The van der Waals surface area contributed by atoms with Gasteiger partial charge in [-0.3, -0.25) is 0 Å². The Hall–Kier alpha value is -3.32. The first-order valence-electron chi connectivity index (χ1n) is 15.3. The Morgan fingerprint density at radius 2 is 1.36 bits per heavy atom. The van der Waals surface area contributed by atoms with Gasteiger partial charge in [-0.15, -0.1) is 0 Å². The third kappa shape index (κ3) is 4.15. The Kier molecular flexibility index (Phi) is 4.54. The summed E-state index contributed by atoms with van der Waals surface area (Å²) in [5, 5.41) is 2.33. The largest absolute Gasteiger partial charge is 0.309 e. The lowest BCUT2D eigenvalue weighted by atomic mass is 9.80. The molecule has 1 nitrogen and oxygen atoms in total. The molecule has 184 valence electrons. The lowest BCUT2D eigenvalue weighted by molar-refractivity contribution is 0.588. The van der Waals surface area contributed by atoms with Crippen molar-refractivity contribution in [3.05, 3.63) is 101 Å². The van der Waals surface area contributed by atoms with Crippen molar-refractivity contribution in [2.24, 2.45) is 0 Å². The average Bonchev–Trinajstić information content (AvgIpc) is 3.22. The van der Waals surface area contributed by atoms with Gasteiger partial charge in [0.05, 0.1) is 23.6 Å². The highest BCUT2D eigenvalue weighted by Crippen LogP contribution is 2.42. The van der Waals surface area contributed by atoms with Crippen LogP contribution in [0.15, 0.2) is 84.8 Å². The van der Waals surface area contributed by atoms with Crippen molar-refractivity contribution >= 4 is 21.8 Å². The number of hydrogen-bond acceptors (Lipinski definition) is 0. The van der Waals surface area contributed by atoms with Crippen LogP contribution in [0.3, 0.4) is 0 Å². The SMILES string of the molecule is [2H]c1c([2H])c([2H])c(-c2cccc(-n3c4cc(C(C)C)ccc4c4ccc(C(C)(C)C)cc43)c2C(C)(C)C)c([2H])c1[2H]. The van der Waals surface area contributed by atoms with Crippen LogP contribution in [0.5, 0.6) is 0 Å². The molecule has 4 aromatic carbocycles. The fourth-order valence-electron chi connectivity index (χ4n) is 5.23. The minimum absolute atomic E-state index is 0.0411. The second-order valence-electron chi connectivity index (χ2n) is 12.2. The Bertz CT molecular complexity index is 1800.